The van der Waals surface area contributed by atoms with E-state index in [0.717, 1.165) is 47.7 Å². The molecule has 0 radical (unpaired) electrons. The van der Waals surface area contributed by atoms with Crippen molar-refractivity contribution >= 4 is 39.1 Å². The zero-order chi connectivity index (χ0) is 34.1. The Hall–Kier alpha value is -4.41. The van der Waals surface area contributed by atoms with E-state index in [2.05, 4.69) is 5.32 Å². The van der Waals surface area contributed by atoms with Crippen LogP contribution in [-0.4, -0.2) is 50.4 Å². The van der Waals surface area contributed by atoms with Gasteiger partial charge in [0, 0.05) is 24.0 Å². The summed E-state index contributed by atoms with van der Waals surface area (Å²) in [5.74, 6) is -0.978. The molecule has 5 rings (SSSR count). The first-order valence-corrected chi connectivity index (χ1v) is 17.8. The highest BCUT2D eigenvalue weighted by Crippen LogP contribution is 2.27. The van der Waals surface area contributed by atoms with Crippen LogP contribution in [0.25, 0.3) is 0 Å². The first-order chi connectivity index (χ1) is 23.1. The van der Waals surface area contributed by atoms with Gasteiger partial charge in [-0.1, -0.05) is 66.9 Å². The number of nitrogens with one attached hydrogen (secondary N) is 1. The molecule has 48 heavy (non-hydrogen) atoms. The summed E-state index contributed by atoms with van der Waals surface area (Å²) in [6, 6.07) is 26.2. The third kappa shape index (κ3) is 8.93. The average Bonchev–Trinajstić information content (AvgIpc) is 3.60. The third-order valence-electron chi connectivity index (χ3n) is 8.36. The van der Waals surface area contributed by atoms with Gasteiger partial charge >= 0.3 is 0 Å². The molecule has 0 bridgehead atoms. The van der Waals surface area contributed by atoms with Gasteiger partial charge in [-0.2, -0.15) is 0 Å². The van der Waals surface area contributed by atoms with Crippen molar-refractivity contribution in [2.75, 3.05) is 17.5 Å². The molecule has 4 aromatic rings. The van der Waals surface area contributed by atoms with Crippen molar-refractivity contribution in [3.05, 3.63) is 125 Å². The summed E-state index contributed by atoms with van der Waals surface area (Å²) < 4.78 is 48.8. The van der Waals surface area contributed by atoms with Crippen LogP contribution in [0.4, 0.5) is 10.1 Å². The van der Waals surface area contributed by atoms with E-state index in [4.69, 9.17) is 16.3 Å². The molecule has 1 aliphatic carbocycles. The first kappa shape index (κ1) is 34.9. The molecular formula is C37H39ClFN3O5S. The van der Waals surface area contributed by atoms with E-state index in [0.29, 0.717) is 22.9 Å². The Morgan fingerprint density at radius 2 is 1.54 bits per heavy atom. The van der Waals surface area contributed by atoms with E-state index in [9.17, 15) is 22.4 Å². The van der Waals surface area contributed by atoms with Gasteiger partial charge in [-0.3, -0.25) is 13.9 Å². The van der Waals surface area contributed by atoms with Crippen LogP contribution in [0.3, 0.4) is 0 Å². The number of amides is 2. The van der Waals surface area contributed by atoms with E-state index < -0.39 is 34.3 Å². The zero-order valence-corrected chi connectivity index (χ0v) is 28.3. The van der Waals surface area contributed by atoms with Crippen LogP contribution in [0.15, 0.2) is 108 Å². The molecule has 11 heteroatoms. The molecule has 252 valence electrons. The molecule has 1 N–H and O–H groups in total. The van der Waals surface area contributed by atoms with Crippen molar-refractivity contribution in [2.45, 2.75) is 62.6 Å². The van der Waals surface area contributed by atoms with Gasteiger partial charge in [0.25, 0.3) is 10.0 Å². The molecule has 1 saturated carbocycles. The summed E-state index contributed by atoms with van der Waals surface area (Å²) >= 11 is 6.16. The van der Waals surface area contributed by atoms with Crippen molar-refractivity contribution < 1.29 is 27.1 Å². The Labute approximate surface area is 286 Å². The van der Waals surface area contributed by atoms with Crippen molar-refractivity contribution in [1.29, 1.82) is 0 Å². The Morgan fingerprint density at radius 1 is 0.896 bits per heavy atom. The van der Waals surface area contributed by atoms with Crippen LogP contribution in [0, 0.1) is 5.82 Å². The summed E-state index contributed by atoms with van der Waals surface area (Å²) in [4.78, 5) is 30.0. The number of ether oxygens (including phenoxy) is 1. The minimum Gasteiger partial charge on any atom is -0.494 e. The normalized spacial score (nSPS) is 13.9. The first-order valence-electron chi connectivity index (χ1n) is 16.0. The van der Waals surface area contributed by atoms with Crippen LogP contribution in [0.1, 0.15) is 43.7 Å². The molecule has 1 fully saturated rings. The summed E-state index contributed by atoms with van der Waals surface area (Å²) in [5.41, 5.74) is 1.65. The highest BCUT2D eigenvalue weighted by Gasteiger charge is 2.35. The fourth-order valence-corrected chi connectivity index (χ4v) is 7.39. The van der Waals surface area contributed by atoms with Gasteiger partial charge in [-0.25, -0.2) is 12.8 Å². The summed E-state index contributed by atoms with van der Waals surface area (Å²) in [7, 11) is -4.34. The number of nitrogens with zero attached hydrogens (tertiary/aromatic N) is 2. The molecule has 0 spiro atoms. The quantitative estimate of drug-likeness (QED) is 0.158. The van der Waals surface area contributed by atoms with E-state index in [1.807, 2.05) is 37.3 Å². The monoisotopic (exact) mass is 691 g/mol. The SMILES string of the molecule is CCOc1ccc(S(=O)(=O)N(CC(=O)N(Cc2ccc(Cl)cc2)[C@@H](Cc2ccccc2)C(=O)NC2CCCC2)c2ccc(F)cc2)cc1. The fraction of sp³-hybridized carbons (Fsp3) is 0.297. The van der Waals surface area contributed by atoms with Crippen LogP contribution in [0.5, 0.6) is 5.75 Å². The van der Waals surface area contributed by atoms with E-state index in [1.54, 1.807) is 24.3 Å². The number of carbonyl (C=O) groups is 2. The molecule has 1 atom stereocenters. The summed E-state index contributed by atoms with van der Waals surface area (Å²) in [6.45, 7) is 1.61. The minimum atomic E-state index is -4.34. The van der Waals surface area contributed by atoms with Gasteiger partial charge in [0.15, 0.2) is 0 Å². The predicted octanol–water partition coefficient (Wildman–Crippen LogP) is 6.77. The Kier molecular flexibility index (Phi) is 11.7. The molecule has 4 aromatic carbocycles. The highest BCUT2D eigenvalue weighted by molar-refractivity contribution is 7.92. The highest BCUT2D eigenvalue weighted by atomic mass is 35.5. The minimum absolute atomic E-state index is 0.000918. The van der Waals surface area contributed by atoms with Crippen molar-refractivity contribution in [2.24, 2.45) is 0 Å². The van der Waals surface area contributed by atoms with Crippen LogP contribution >= 0.6 is 11.6 Å². The second-order valence-electron chi connectivity index (χ2n) is 11.7. The molecule has 0 aliphatic heterocycles. The third-order valence-corrected chi connectivity index (χ3v) is 10.4. The fourth-order valence-electron chi connectivity index (χ4n) is 5.85. The van der Waals surface area contributed by atoms with E-state index in [1.165, 1.54) is 41.3 Å². The van der Waals surface area contributed by atoms with Gasteiger partial charge < -0.3 is 15.0 Å². The molecular weight excluding hydrogens is 653 g/mol. The maximum Gasteiger partial charge on any atom is 0.264 e. The number of carbonyl (C=O) groups excluding carboxylic acids is 2. The maximum absolute atomic E-state index is 14.6. The lowest BCUT2D eigenvalue weighted by atomic mass is 10.0. The smallest absolute Gasteiger partial charge is 0.264 e. The molecule has 0 saturated heterocycles. The zero-order valence-electron chi connectivity index (χ0n) is 26.7. The second kappa shape index (κ2) is 16.1. The van der Waals surface area contributed by atoms with E-state index in [-0.39, 0.29) is 35.5 Å². The number of halogens is 2. The molecule has 1 aliphatic rings. The Balaban J connectivity index is 1.55. The number of rotatable bonds is 14. The van der Waals surface area contributed by atoms with Gasteiger partial charge in [-0.05, 0) is 91.6 Å². The topological polar surface area (TPSA) is 96.0 Å². The number of hydrogen-bond donors (Lipinski definition) is 1. The number of benzene rings is 4. The molecule has 0 aromatic heterocycles. The van der Waals surface area contributed by atoms with Crippen LogP contribution < -0.4 is 14.4 Å². The predicted molar refractivity (Wildman–Crippen MR) is 185 cm³/mol. The van der Waals surface area contributed by atoms with Crippen molar-refractivity contribution in [3.8, 4) is 5.75 Å². The largest absolute Gasteiger partial charge is 0.494 e. The summed E-state index contributed by atoms with van der Waals surface area (Å²) in [5, 5.41) is 3.67. The second-order valence-corrected chi connectivity index (χ2v) is 14.0. The van der Waals surface area contributed by atoms with Gasteiger partial charge in [0.2, 0.25) is 11.8 Å². The van der Waals surface area contributed by atoms with Crippen LogP contribution in [-0.2, 0) is 32.6 Å². The molecule has 2 amide bonds. The van der Waals surface area contributed by atoms with Gasteiger partial charge in [-0.15, -0.1) is 0 Å². The lowest BCUT2D eigenvalue weighted by molar-refractivity contribution is -0.140. The van der Waals surface area contributed by atoms with Gasteiger partial charge in [0.05, 0.1) is 17.2 Å². The Bertz CT molecular complexity index is 1770. The van der Waals surface area contributed by atoms with Crippen LogP contribution in [0.2, 0.25) is 5.02 Å². The molecule has 0 unspecified atom stereocenters. The number of hydrogen-bond acceptors (Lipinski definition) is 5. The molecule has 0 heterocycles. The Morgan fingerprint density at radius 3 is 2.17 bits per heavy atom. The lowest BCUT2D eigenvalue weighted by Gasteiger charge is -2.34. The van der Waals surface area contributed by atoms with Gasteiger partial charge in [0.1, 0.15) is 24.2 Å². The van der Waals surface area contributed by atoms with E-state index >= 15 is 0 Å². The maximum atomic E-state index is 14.6. The standard InChI is InChI=1S/C37H39ClFN3O5S/c1-2-47-33-20-22-34(23-21-33)48(45,46)42(32-18-16-30(39)17-19-32)26-36(43)41(25-28-12-14-29(38)15-13-28)35(24-27-8-4-3-5-9-27)37(44)40-31-10-6-7-11-31/h3-5,8-9,12-23,31,35H,2,6-7,10-11,24-26H2,1H3,(H,40,44)/t35-/m0/s1. The van der Waals surface area contributed by atoms with Crippen molar-refractivity contribution in [3.63, 3.8) is 0 Å². The molecule has 8 nitrogen and oxygen atoms in total. The number of anilines is 1. The summed E-state index contributed by atoms with van der Waals surface area (Å²) in [6.07, 6.45) is 3.94. The van der Waals surface area contributed by atoms with Crippen molar-refractivity contribution in [1.82, 2.24) is 10.2 Å². The lowest BCUT2D eigenvalue weighted by Crippen LogP contribution is -2.54. The average molecular weight is 692 g/mol. The number of sulfonamides is 1.